The fourth-order valence-electron chi connectivity index (χ4n) is 8.00. The normalized spacial score (nSPS) is 32.3. The van der Waals surface area contributed by atoms with Crippen molar-refractivity contribution in [3.8, 4) is 11.5 Å². The van der Waals surface area contributed by atoms with Crippen molar-refractivity contribution in [3.63, 3.8) is 0 Å². The average molecular weight is 471 g/mol. The Bertz CT molecular complexity index is 1440. The molecule has 5 aliphatic rings. The number of phenols is 1. The molecule has 35 heavy (non-hydrogen) atoms. The van der Waals surface area contributed by atoms with Crippen molar-refractivity contribution in [2.45, 2.75) is 61.7 Å². The molecule has 2 aliphatic heterocycles. The Morgan fingerprint density at radius 2 is 2.11 bits per heavy atom. The lowest BCUT2D eigenvalue weighted by atomic mass is 9.49. The number of likely N-dealkylation sites (tertiary alicyclic amines) is 1. The van der Waals surface area contributed by atoms with Gasteiger partial charge in [0.15, 0.2) is 17.6 Å². The molecule has 1 aromatic heterocycles. The van der Waals surface area contributed by atoms with Gasteiger partial charge < -0.3 is 25.7 Å². The van der Waals surface area contributed by atoms with E-state index in [1.165, 1.54) is 18.4 Å². The molecule has 1 saturated carbocycles. The Morgan fingerprint density at radius 3 is 2.91 bits per heavy atom. The van der Waals surface area contributed by atoms with E-state index >= 15 is 0 Å². The maximum atomic E-state index is 12.9. The first kappa shape index (κ1) is 20.2. The highest BCUT2D eigenvalue weighted by molar-refractivity contribution is 5.88. The monoisotopic (exact) mass is 470 g/mol. The van der Waals surface area contributed by atoms with Crippen molar-refractivity contribution in [3.05, 3.63) is 58.3 Å². The van der Waals surface area contributed by atoms with Crippen molar-refractivity contribution in [1.29, 1.82) is 5.41 Å². The Kier molecular flexibility index (Phi) is 3.69. The van der Waals surface area contributed by atoms with E-state index in [0.29, 0.717) is 18.6 Å². The molecule has 4 atom stereocenters. The topological polar surface area (TPSA) is 119 Å². The van der Waals surface area contributed by atoms with Crippen molar-refractivity contribution in [1.82, 2.24) is 9.88 Å². The number of nitrogens with one attached hydrogen (secondary N) is 2. The van der Waals surface area contributed by atoms with Crippen LogP contribution in [0.3, 0.4) is 0 Å². The summed E-state index contributed by atoms with van der Waals surface area (Å²) in [6.45, 7) is 1.99. The minimum atomic E-state index is -0.991. The number of aromatic hydroxyl groups is 1. The third kappa shape index (κ3) is 2.40. The number of aromatic amines is 1. The van der Waals surface area contributed by atoms with E-state index in [9.17, 15) is 10.2 Å². The number of aromatic nitrogens is 1. The second-order valence-corrected chi connectivity index (χ2v) is 11.5. The molecule has 1 saturated heterocycles. The van der Waals surface area contributed by atoms with Crippen molar-refractivity contribution < 1.29 is 14.9 Å². The number of hydrogen-bond acceptors (Lipinski definition) is 5. The van der Waals surface area contributed by atoms with Gasteiger partial charge in [0.2, 0.25) is 0 Å². The number of amidine groups is 1. The van der Waals surface area contributed by atoms with Gasteiger partial charge in [0.1, 0.15) is 0 Å². The summed E-state index contributed by atoms with van der Waals surface area (Å²) in [4.78, 5) is 6.19. The Labute approximate surface area is 203 Å². The summed E-state index contributed by atoms with van der Waals surface area (Å²) in [6, 6.07) is 9.99. The lowest BCUT2D eigenvalue weighted by Gasteiger charge is -2.62. The van der Waals surface area contributed by atoms with E-state index in [-0.39, 0.29) is 23.7 Å². The quantitative estimate of drug-likeness (QED) is 0.297. The predicted octanol–water partition coefficient (Wildman–Crippen LogP) is 3.05. The highest BCUT2D eigenvalue weighted by Crippen LogP contribution is 2.69. The van der Waals surface area contributed by atoms with Crippen LogP contribution < -0.4 is 10.5 Å². The second-order valence-electron chi connectivity index (χ2n) is 11.5. The number of benzene rings is 2. The molecular formula is C28H30N4O3. The van der Waals surface area contributed by atoms with Gasteiger partial charge >= 0.3 is 0 Å². The van der Waals surface area contributed by atoms with E-state index in [2.05, 4.69) is 16.0 Å². The van der Waals surface area contributed by atoms with Crippen LogP contribution in [0.4, 0.5) is 0 Å². The molecule has 2 fully saturated rings. The van der Waals surface area contributed by atoms with E-state index in [1.54, 1.807) is 6.07 Å². The lowest BCUT2D eigenvalue weighted by Crippen LogP contribution is -2.74. The first-order valence-electron chi connectivity index (χ1n) is 12.8. The van der Waals surface area contributed by atoms with Crippen LogP contribution in [0.15, 0.2) is 30.3 Å². The molecule has 0 radical (unpaired) electrons. The van der Waals surface area contributed by atoms with Crippen LogP contribution >= 0.6 is 0 Å². The molecule has 2 aromatic carbocycles. The minimum absolute atomic E-state index is 0.0180. The van der Waals surface area contributed by atoms with Gasteiger partial charge in [-0.05, 0) is 73.0 Å². The zero-order valence-electron chi connectivity index (χ0n) is 19.6. The molecule has 6 N–H and O–H groups in total. The number of nitrogens with zero attached hydrogens (tertiary/aromatic N) is 1. The summed E-state index contributed by atoms with van der Waals surface area (Å²) in [6.07, 6.45) is 4.75. The number of H-pyrrole nitrogens is 1. The van der Waals surface area contributed by atoms with Crippen LogP contribution in [-0.2, 0) is 24.7 Å². The molecule has 3 aromatic rings. The Balaban J connectivity index is 1.37. The Morgan fingerprint density at radius 1 is 1.26 bits per heavy atom. The molecule has 2 bridgehead atoms. The third-order valence-corrected chi connectivity index (χ3v) is 9.62. The molecule has 0 amide bonds. The first-order chi connectivity index (χ1) is 16.9. The lowest BCUT2D eigenvalue weighted by molar-refractivity contribution is -0.173. The number of phenolic OH excluding ortho intramolecular Hbond substituents is 1. The van der Waals surface area contributed by atoms with Gasteiger partial charge in [-0.3, -0.25) is 10.3 Å². The third-order valence-electron chi connectivity index (χ3n) is 9.62. The van der Waals surface area contributed by atoms with Gasteiger partial charge in [0, 0.05) is 41.9 Å². The van der Waals surface area contributed by atoms with Crippen molar-refractivity contribution >= 4 is 16.7 Å². The molecule has 7 heteroatoms. The van der Waals surface area contributed by atoms with Crippen LogP contribution in [0.25, 0.3) is 10.9 Å². The largest absolute Gasteiger partial charge is 0.504 e. The van der Waals surface area contributed by atoms with Crippen LogP contribution in [0.5, 0.6) is 11.5 Å². The smallest absolute Gasteiger partial charge is 0.166 e. The van der Waals surface area contributed by atoms with Gasteiger partial charge in [0.05, 0.1) is 22.5 Å². The zero-order chi connectivity index (χ0) is 23.7. The molecule has 3 heterocycles. The number of hydrogen-bond donors (Lipinski definition) is 5. The van der Waals surface area contributed by atoms with Crippen LogP contribution in [0.2, 0.25) is 0 Å². The summed E-state index contributed by atoms with van der Waals surface area (Å²) in [5, 5.41) is 32.5. The predicted molar refractivity (Wildman–Crippen MR) is 132 cm³/mol. The Hall–Kier alpha value is -3.03. The molecule has 1 spiro atoms. The average Bonchev–Trinajstić information content (AvgIpc) is 3.46. The van der Waals surface area contributed by atoms with E-state index in [4.69, 9.17) is 15.9 Å². The highest BCUT2D eigenvalue weighted by Gasteiger charge is 2.72. The van der Waals surface area contributed by atoms with E-state index in [0.717, 1.165) is 65.1 Å². The number of rotatable bonds is 4. The highest BCUT2D eigenvalue weighted by atomic mass is 16.5. The molecule has 7 nitrogen and oxygen atoms in total. The van der Waals surface area contributed by atoms with Crippen LogP contribution in [0.1, 0.15) is 53.3 Å². The molecule has 0 unspecified atom stereocenters. The fraction of sp³-hybridized carbons (Fsp3) is 0.464. The summed E-state index contributed by atoms with van der Waals surface area (Å²) in [5.74, 6) is 1.61. The number of aliphatic hydroxyl groups is 1. The summed E-state index contributed by atoms with van der Waals surface area (Å²) in [7, 11) is 0. The molecule has 8 rings (SSSR count). The number of nitrogens with two attached hydrogens (primary N) is 1. The van der Waals surface area contributed by atoms with Crippen molar-refractivity contribution in [2.24, 2.45) is 11.7 Å². The van der Waals surface area contributed by atoms with Gasteiger partial charge in [-0.1, -0.05) is 12.1 Å². The molecule has 3 aliphatic carbocycles. The molecule has 180 valence electrons. The van der Waals surface area contributed by atoms with Gasteiger partial charge in [-0.15, -0.1) is 0 Å². The van der Waals surface area contributed by atoms with E-state index in [1.807, 2.05) is 18.2 Å². The number of fused-ring (bicyclic) bond motifs is 4. The van der Waals surface area contributed by atoms with Gasteiger partial charge in [-0.2, -0.15) is 0 Å². The summed E-state index contributed by atoms with van der Waals surface area (Å²) in [5.41, 5.74) is 10.5. The molecular weight excluding hydrogens is 440 g/mol. The summed E-state index contributed by atoms with van der Waals surface area (Å²) >= 11 is 0. The van der Waals surface area contributed by atoms with Crippen LogP contribution in [-0.4, -0.2) is 50.7 Å². The standard InChI is InChI=1S/C28H30N4O3/c29-22(30)10-15-3-5-19-17(9-15)18-12-28(34)21-11-16-4-6-20(33)25-23(16)27(28,26(35-25)24(18)31-19)7-8-32(21)13-14-1-2-14/h3-6,9,14,21,26,31,33-34H,1-2,7-8,10-13H2,(H3,29,30)/t21-,26-,27-,28+/m0/s1. The first-order valence-corrected chi connectivity index (χ1v) is 12.8. The van der Waals surface area contributed by atoms with Crippen LogP contribution in [0, 0.1) is 11.3 Å². The van der Waals surface area contributed by atoms with Gasteiger partial charge in [0.25, 0.3) is 0 Å². The van der Waals surface area contributed by atoms with Crippen molar-refractivity contribution in [2.75, 3.05) is 13.1 Å². The van der Waals surface area contributed by atoms with Gasteiger partial charge in [-0.25, -0.2) is 0 Å². The summed E-state index contributed by atoms with van der Waals surface area (Å²) < 4.78 is 6.64. The minimum Gasteiger partial charge on any atom is -0.504 e. The SMILES string of the molecule is N=C(N)Cc1ccc2[nH]c3c(c2c1)C[C@@]1(O)[C@@H]2Cc4ccc(O)c5c4[C@@]1(CCN2CC1CC1)[C@H]3O5. The maximum absolute atomic E-state index is 12.9. The van der Waals surface area contributed by atoms with E-state index < -0.39 is 11.0 Å². The zero-order valence-corrected chi connectivity index (χ0v) is 19.6. The number of piperidine rings is 1. The maximum Gasteiger partial charge on any atom is 0.166 e. The second kappa shape index (κ2) is 6.39. The fourth-order valence-corrected chi connectivity index (χ4v) is 8.00. The number of ether oxygens (including phenoxy) is 1.